The van der Waals surface area contributed by atoms with Crippen molar-refractivity contribution >= 4 is 11.6 Å². The molecule has 47 heavy (non-hydrogen) atoms. The van der Waals surface area contributed by atoms with Crippen LogP contribution in [-0.2, 0) is 61.6 Å². The second kappa shape index (κ2) is 45.3. The minimum absolute atomic E-state index is 0.307. The fourth-order valence-corrected chi connectivity index (χ4v) is 3.61. The standard InChI is InChI=1S/C33H63ClO13/c1-2-8-35-10-12-37-14-16-39-18-20-41-22-24-43-26-28-45-30-32-47-33-31-46-29-27-44-25-23-42-21-19-40-17-15-38-13-11-36-9-6-4-3-5-7-34/h1H,3-33H2. The van der Waals surface area contributed by atoms with Gasteiger partial charge < -0.3 is 61.6 Å². The van der Waals surface area contributed by atoms with Crippen LogP contribution < -0.4 is 0 Å². The van der Waals surface area contributed by atoms with E-state index in [9.17, 15) is 0 Å². The molecule has 0 fully saturated rings. The number of rotatable bonds is 43. The maximum atomic E-state index is 5.65. The molecule has 0 N–H and O–H groups in total. The summed E-state index contributed by atoms with van der Waals surface area (Å²) in [5, 5.41) is 0. The lowest BCUT2D eigenvalue weighted by atomic mass is 10.2. The van der Waals surface area contributed by atoms with E-state index < -0.39 is 0 Å². The maximum absolute atomic E-state index is 5.65. The highest BCUT2D eigenvalue weighted by Gasteiger charge is 1.97. The summed E-state index contributed by atoms with van der Waals surface area (Å²) < 4.78 is 70.6. The number of terminal acetylenes is 1. The lowest BCUT2D eigenvalue weighted by Crippen LogP contribution is -2.15. The van der Waals surface area contributed by atoms with Crippen molar-refractivity contribution in [3.05, 3.63) is 0 Å². The van der Waals surface area contributed by atoms with E-state index in [1.807, 2.05) is 0 Å². The molecule has 0 amide bonds. The molecule has 0 aromatic rings. The van der Waals surface area contributed by atoms with E-state index in [1.165, 1.54) is 12.8 Å². The van der Waals surface area contributed by atoms with Gasteiger partial charge in [0.15, 0.2) is 0 Å². The van der Waals surface area contributed by atoms with E-state index in [2.05, 4.69) is 5.92 Å². The molecule has 0 aliphatic carbocycles. The highest BCUT2D eigenvalue weighted by atomic mass is 35.5. The van der Waals surface area contributed by atoms with Gasteiger partial charge in [0.1, 0.15) is 6.61 Å². The molecule has 0 bridgehead atoms. The molecule has 0 spiro atoms. The van der Waals surface area contributed by atoms with Crippen molar-refractivity contribution in [1.29, 1.82) is 0 Å². The molecule has 0 heterocycles. The summed E-state index contributed by atoms with van der Waals surface area (Å²) in [5.74, 6) is 3.14. The molecule has 280 valence electrons. The number of ether oxygens (including phenoxy) is 13. The highest BCUT2D eigenvalue weighted by molar-refractivity contribution is 6.17. The van der Waals surface area contributed by atoms with Gasteiger partial charge in [-0.15, -0.1) is 18.0 Å². The third kappa shape index (κ3) is 45.3. The van der Waals surface area contributed by atoms with Crippen molar-refractivity contribution in [3.63, 3.8) is 0 Å². The topological polar surface area (TPSA) is 120 Å². The fourth-order valence-electron chi connectivity index (χ4n) is 3.42. The Bertz CT molecular complexity index is 601. The Morgan fingerprint density at radius 1 is 0.277 bits per heavy atom. The molecule has 0 aromatic heterocycles. The normalized spacial score (nSPS) is 11.4. The first-order chi connectivity index (χ1) is 23.4. The van der Waals surface area contributed by atoms with Gasteiger partial charge in [0.25, 0.3) is 0 Å². The van der Waals surface area contributed by atoms with Crippen molar-refractivity contribution in [1.82, 2.24) is 0 Å². The van der Waals surface area contributed by atoms with E-state index in [-0.39, 0.29) is 0 Å². The van der Waals surface area contributed by atoms with Crippen LogP contribution in [0.4, 0.5) is 0 Å². The predicted octanol–water partition coefficient (Wildman–Crippen LogP) is 2.63. The van der Waals surface area contributed by atoms with Gasteiger partial charge in [0.2, 0.25) is 0 Å². The van der Waals surface area contributed by atoms with Crippen LogP contribution in [0.5, 0.6) is 0 Å². The summed E-state index contributed by atoms with van der Waals surface area (Å²) in [6.45, 7) is 13.6. The van der Waals surface area contributed by atoms with E-state index in [0.29, 0.717) is 165 Å². The number of unbranched alkanes of at least 4 members (excludes halogenated alkanes) is 3. The van der Waals surface area contributed by atoms with E-state index in [1.54, 1.807) is 0 Å². The van der Waals surface area contributed by atoms with Gasteiger partial charge in [-0.2, -0.15) is 0 Å². The molecule has 0 aliphatic rings. The second-order valence-electron chi connectivity index (χ2n) is 9.71. The Labute approximate surface area is 288 Å². The van der Waals surface area contributed by atoms with E-state index in [0.717, 1.165) is 25.3 Å². The Morgan fingerprint density at radius 3 is 0.723 bits per heavy atom. The summed E-state index contributed by atoms with van der Waals surface area (Å²) in [5.41, 5.74) is 0. The zero-order valence-electron chi connectivity index (χ0n) is 28.7. The summed E-state index contributed by atoms with van der Waals surface area (Å²) in [6.07, 6.45) is 9.57. The monoisotopic (exact) mass is 702 g/mol. The van der Waals surface area contributed by atoms with Gasteiger partial charge in [-0.25, -0.2) is 0 Å². The zero-order valence-corrected chi connectivity index (χ0v) is 29.4. The molecule has 0 saturated heterocycles. The van der Waals surface area contributed by atoms with Gasteiger partial charge in [0.05, 0.1) is 159 Å². The molecule has 0 unspecified atom stereocenters. The van der Waals surface area contributed by atoms with Crippen LogP contribution in [0, 0.1) is 12.3 Å². The van der Waals surface area contributed by atoms with Gasteiger partial charge in [-0.05, 0) is 12.8 Å². The van der Waals surface area contributed by atoms with Gasteiger partial charge in [-0.1, -0.05) is 18.8 Å². The average molecular weight is 703 g/mol. The molecule has 0 aromatic carbocycles. The summed E-state index contributed by atoms with van der Waals surface area (Å²) >= 11 is 5.65. The van der Waals surface area contributed by atoms with Crippen LogP contribution in [0.3, 0.4) is 0 Å². The summed E-state index contributed by atoms with van der Waals surface area (Å²) in [4.78, 5) is 0. The Morgan fingerprint density at radius 2 is 0.489 bits per heavy atom. The Balaban J connectivity index is 3.04. The number of hydrogen-bond acceptors (Lipinski definition) is 13. The summed E-state index contributed by atoms with van der Waals surface area (Å²) in [7, 11) is 0. The largest absolute Gasteiger partial charge is 0.379 e. The van der Waals surface area contributed by atoms with E-state index in [4.69, 9.17) is 79.6 Å². The maximum Gasteiger partial charge on any atom is 0.107 e. The molecule has 0 rings (SSSR count). The lowest BCUT2D eigenvalue weighted by Gasteiger charge is -2.09. The average Bonchev–Trinajstić information content (AvgIpc) is 3.08. The lowest BCUT2D eigenvalue weighted by molar-refractivity contribution is -0.0289. The fraction of sp³-hybridized carbons (Fsp3) is 0.939. The van der Waals surface area contributed by atoms with Gasteiger partial charge >= 0.3 is 0 Å². The molecule has 0 saturated carbocycles. The zero-order chi connectivity index (χ0) is 33.8. The molecule has 0 aliphatic heterocycles. The van der Waals surface area contributed by atoms with Crippen LogP contribution in [0.25, 0.3) is 0 Å². The molecule has 14 heteroatoms. The van der Waals surface area contributed by atoms with Crippen LogP contribution in [0.1, 0.15) is 25.7 Å². The predicted molar refractivity (Wildman–Crippen MR) is 179 cm³/mol. The van der Waals surface area contributed by atoms with Crippen LogP contribution in [-0.4, -0.2) is 178 Å². The quantitative estimate of drug-likeness (QED) is 0.0527. The third-order valence-corrected chi connectivity index (χ3v) is 6.09. The van der Waals surface area contributed by atoms with Crippen molar-refractivity contribution in [2.45, 2.75) is 25.7 Å². The molecule has 13 nitrogen and oxygen atoms in total. The first-order valence-corrected chi connectivity index (χ1v) is 17.4. The van der Waals surface area contributed by atoms with Crippen LogP contribution >= 0.6 is 11.6 Å². The number of hydrogen-bond donors (Lipinski definition) is 0. The molecular formula is C33H63ClO13. The first-order valence-electron chi connectivity index (χ1n) is 16.9. The first kappa shape index (κ1) is 46.3. The highest BCUT2D eigenvalue weighted by Crippen LogP contribution is 2.01. The van der Waals surface area contributed by atoms with Crippen LogP contribution in [0.15, 0.2) is 0 Å². The van der Waals surface area contributed by atoms with Crippen molar-refractivity contribution in [2.75, 3.05) is 178 Å². The van der Waals surface area contributed by atoms with Gasteiger partial charge in [-0.3, -0.25) is 0 Å². The van der Waals surface area contributed by atoms with Crippen molar-refractivity contribution < 1.29 is 61.6 Å². The SMILES string of the molecule is C#CCOCCOCCOCCOCCOCCOCCOCCOCCOCCOCCOCCOCCOCCCCCCCl. The Hall–Kier alpha value is -0.670. The summed E-state index contributed by atoms with van der Waals surface area (Å²) in [6, 6.07) is 0. The second-order valence-corrected chi connectivity index (χ2v) is 10.1. The molecule has 0 radical (unpaired) electrons. The smallest absolute Gasteiger partial charge is 0.107 e. The van der Waals surface area contributed by atoms with Crippen molar-refractivity contribution in [2.24, 2.45) is 0 Å². The number of halogens is 1. The Kier molecular flexibility index (Phi) is 44.7. The van der Waals surface area contributed by atoms with E-state index >= 15 is 0 Å². The van der Waals surface area contributed by atoms with Gasteiger partial charge in [0, 0.05) is 12.5 Å². The van der Waals surface area contributed by atoms with Crippen molar-refractivity contribution in [3.8, 4) is 12.3 Å². The molecular weight excluding hydrogens is 640 g/mol. The number of alkyl halides is 1. The van der Waals surface area contributed by atoms with Crippen LogP contribution in [0.2, 0.25) is 0 Å². The minimum Gasteiger partial charge on any atom is -0.379 e. The third-order valence-electron chi connectivity index (χ3n) is 5.82. The molecule has 0 atom stereocenters. The minimum atomic E-state index is 0.307.